The summed E-state index contributed by atoms with van der Waals surface area (Å²) in [6.45, 7) is 2.35. The molecular weight excluding hydrogens is 290 g/mol. The van der Waals surface area contributed by atoms with Gasteiger partial charge in [0, 0.05) is 35.9 Å². The number of benzene rings is 1. The fraction of sp³-hybridized carbons (Fsp3) is 0.556. The molecule has 0 bridgehead atoms. The molecule has 0 amide bonds. The molecule has 1 heterocycles. The number of nitrogens with two attached hydrogens (primary N) is 1. The monoisotopic (exact) mass is 314 g/mol. The average molecular weight is 314 g/mol. The Balaban J connectivity index is 1.67. The van der Waals surface area contributed by atoms with E-state index in [0.29, 0.717) is 6.04 Å². The molecule has 0 aliphatic heterocycles. The zero-order valence-electron chi connectivity index (χ0n) is 13.5. The summed E-state index contributed by atoms with van der Waals surface area (Å²) in [4.78, 5) is 14.3. The van der Waals surface area contributed by atoms with Crippen LogP contribution in [0.3, 0.4) is 0 Å². The molecule has 1 aromatic heterocycles. The number of aromatic amines is 1. The number of fused-ring (bicyclic) bond motifs is 3. The van der Waals surface area contributed by atoms with E-state index in [1.165, 1.54) is 43.4 Å². The topological polar surface area (TPSA) is 75.5 Å². The second-order valence-corrected chi connectivity index (χ2v) is 7.37. The van der Waals surface area contributed by atoms with Gasteiger partial charge in [-0.2, -0.15) is 0 Å². The number of hydrogen-bond acceptors (Lipinski definition) is 2. The third-order valence-electron chi connectivity index (χ3n) is 5.69. The number of quaternary nitrogens is 1. The van der Waals surface area contributed by atoms with Crippen LogP contribution in [0.25, 0.3) is 10.9 Å². The van der Waals surface area contributed by atoms with E-state index in [1.807, 2.05) is 6.07 Å². The van der Waals surface area contributed by atoms with Crippen molar-refractivity contribution in [1.82, 2.24) is 4.98 Å². The largest absolute Gasteiger partial charge is 0.353 e. The fourth-order valence-electron chi connectivity index (χ4n) is 4.55. The third kappa shape index (κ3) is 2.63. The van der Waals surface area contributed by atoms with Crippen molar-refractivity contribution in [1.29, 1.82) is 0 Å². The van der Waals surface area contributed by atoms with E-state index in [9.17, 15) is 10.1 Å². The highest BCUT2D eigenvalue weighted by atomic mass is 16.6. The van der Waals surface area contributed by atoms with Crippen LogP contribution < -0.4 is 5.32 Å². The summed E-state index contributed by atoms with van der Waals surface area (Å²) < 4.78 is 0. The molecule has 1 fully saturated rings. The molecule has 1 aromatic carbocycles. The summed E-state index contributed by atoms with van der Waals surface area (Å²) in [5.74, 6) is 0.852. The van der Waals surface area contributed by atoms with Crippen LogP contribution in [0.15, 0.2) is 18.2 Å². The molecule has 1 saturated carbocycles. The molecule has 5 heteroatoms. The standard InChI is InChI=1S/C18H23N3O2/c1-11-5-6-12(9-11)19-17-4-2-3-14-15-10-13(21(22)23)7-8-16(15)20-18(14)17/h7-8,10-12,17,19-20H,2-6,9H2,1H3/p+1/t11-,12+,17+/m0/s1. The van der Waals surface area contributed by atoms with E-state index in [-0.39, 0.29) is 10.6 Å². The molecule has 0 saturated heterocycles. The molecule has 2 aliphatic rings. The quantitative estimate of drug-likeness (QED) is 0.674. The molecular formula is C18H24N3O2+. The molecule has 2 aromatic rings. The molecule has 0 radical (unpaired) electrons. The predicted octanol–water partition coefficient (Wildman–Crippen LogP) is 3.21. The molecule has 0 spiro atoms. The highest BCUT2D eigenvalue weighted by Crippen LogP contribution is 2.35. The number of H-pyrrole nitrogens is 1. The zero-order chi connectivity index (χ0) is 16.0. The van der Waals surface area contributed by atoms with E-state index in [2.05, 4.69) is 17.2 Å². The Morgan fingerprint density at radius 3 is 2.91 bits per heavy atom. The summed E-state index contributed by atoms with van der Waals surface area (Å²) in [6.07, 6.45) is 7.39. The molecule has 5 nitrogen and oxygen atoms in total. The number of aryl methyl sites for hydroxylation is 1. The highest BCUT2D eigenvalue weighted by molar-refractivity contribution is 5.87. The second-order valence-electron chi connectivity index (χ2n) is 7.37. The normalized spacial score (nSPS) is 27.3. The summed E-state index contributed by atoms with van der Waals surface area (Å²) in [7, 11) is 0. The molecule has 3 N–H and O–H groups in total. The van der Waals surface area contributed by atoms with Gasteiger partial charge in [-0.25, -0.2) is 0 Å². The van der Waals surface area contributed by atoms with Crippen molar-refractivity contribution in [2.45, 2.75) is 57.5 Å². The van der Waals surface area contributed by atoms with Gasteiger partial charge in [0.05, 0.1) is 16.7 Å². The van der Waals surface area contributed by atoms with Crippen LogP contribution in [0.4, 0.5) is 5.69 Å². The van der Waals surface area contributed by atoms with Crippen LogP contribution in [0.5, 0.6) is 0 Å². The zero-order valence-corrected chi connectivity index (χ0v) is 13.5. The Kier molecular flexibility index (Phi) is 3.60. The first-order valence-corrected chi connectivity index (χ1v) is 8.75. The lowest BCUT2D eigenvalue weighted by Gasteiger charge is -2.24. The first-order valence-electron chi connectivity index (χ1n) is 8.75. The van der Waals surface area contributed by atoms with Gasteiger partial charge < -0.3 is 10.3 Å². The van der Waals surface area contributed by atoms with E-state index in [1.54, 1.807) is 12.1 Å². The smallest absolute Gasteiger partial charge is 0.270 e. The number of hydrogen-bond donors (Lipinski definition) is 2. The predicted molar refractivity (Wildman–Crippen MR) is 89.4 cm³/mol. The van der Waals surface area contributed by atoms with Crippen molar-refractivity contribution in [3.63, 3.8) is 0 Å². The molecule has 23 heavy (non-hydrogen) atoms. The van der Waals surface area contributed by atoms with E-state index in [4.69, 9.17) is 0 Å². The first kappa shape index (κ1) is 14.7. The average Bonchev–Trinajstić information content (AvgIpc) is 3.11. The maximum absolute atomic E-state index is 11.0. The number of nitro benzene ring substituents is 1. The van der Waals surface area contributed by atoms with Crippen molar-refractivity contribution in [2.24, 2.45) is 5.92 Å². The minimum absolute atomic E-state index is 0.190. The van der Waals surface area contributed by atoms with Crippen molar-refractivity contribution in [2.75, 3.05) is 0 Å². The fourth-order valence-corrected chi connectivity index (χ4v) is 4.55. The molecule has 3 atom stereocenters. The van der Waals surface area contributed by atoms with Gasteiger partial charge in [-0.3, -0.25) is 10.1 Å². The van der Waals surface area contributed by atoms with E-state index in [0.717, 1.165) is 29.3 Å². The molecule has 122 valence electrons. The minimum Gasteiger partial charge on any atom is -0.353 e. The van der Waals surface area contributed by atoms with Gasteiger partial charge in [-0.15, -0.1) is 0 Å². The summed E-state index contributed by atoms with van der Waals surface area (Å²) in [5.41, 5.74) is 3.85. The first-order chi connectivity index (χ1) is 11.1. The van der Waals surface area contributed by atoms with Crippen molar-refractivity contribution >= 4 is 16.6 Å². The van der Waals surface area contributed by atoms with Crippen molar-refractivity contribution < 1.29 is 10.2 Å². The number of nitrogens with zero attached hydrogens (tertiary/aromatic N) is 1. The maximum Gasteiger partial charge on any atom is 0.270 e. The Bertz CT molecular complexity index is 752. The summed E-state index contributed by atoms with van der Waals surface area (Å²) >= 11 is 0. The van der Waals surface area contributed by atoms with Gasteiger partial charge in [0.15, 0.2) is 0 Å². The SMILES string of the molecule is C[C@H]1CC[C@@H]([NH2+][C@@H]2CCCc3c2[nH]c2ccc([N+](=O)[O-])cc32)C1. The van der Waals surface area contributed by atoms with Crippen molar-refractivity contribution in [3.05, 3.63) is 39.6 Å². The Labute approximate surface area is 135 Å². The Morgan fingerprint density at radius 1 is 1.30 bits per heavy atom. The molecule has 4 rings (SSSR count). The van der Waals surface area contributed by atoms with Gasteiger partial charge in [-0.1, -0.05) is 6.92 Å². The van der Waals surface area contributed by atoms with Crippen molar-refractivity contribution in [3.8, 4) is 0 Å². The number of aromatic nitrogens is 1. The molecule has 0 unspecified atom stereocenters. The number of nitro groups is 1. The Morgan fingerprint density at radius 2 is 2.17 bits per heavy atom. The Hall–Kier alpha value is -1.88. The van der Waals surface area contributed by atoms with E-state index >= 15 is 0 Å². The lowest BCUT2D eigenvalue weighted by atomic mass is 9.91. The molecule has 2 aliphatic carbocycles. The lowest BCUT2D eigenvalue weighted by Crippen LogP contribution is -2.90. The van der Waals surface area contributed by atoms with Crippen LogP contribution in [0.2, 0.25) is 0 Å². The highest BCUT2D eigenvalue weighted by Gasteiger charge is 2.32. The number of nitrogens with one attached hydrogen (secondary N) is 1. The summed E-state index contributed by atoms with van der Waals surface area (Å²) in [6, 6.07) is 6.43. The van der Waals surface area contributed by atoms with Gasteiger partial charge in [0.2, 0.25) is 0 Å². The minimum atomic E-state index is -0.300. The van der Waals surface area contributed by atoms with Crippen LogP contribution in [0.1, 0.15) is 56.3 Å². The van der Waals surface area contributed by atoms with Crippen LogP contribution in [-0.4, -0.2) is 15.9 Å². The number of rotatable bonds is 3. The van der Waals surface area contributed by atoms with Crippen LogP contribution in [-0.2, 0) is 6.42 Å². The van der Waals surface area contributed by atoms with Gasteiger partial charge >= 0.3 is 0 Å². The maximum atomic E-state index is 11.0. The van der Waals surface area contributed by atoms with E-state index < -0.39 is 0 Å². The van der Waals surface area contributed by atoms with Gasteiger partial charge in [-0.05, 0) is 43.2 Å². The van der Waals surface area contributed by atoms with Crippen LogP contribution in [0, 0.1) is 16.0 Å². The van der Waals surface area contributed by atoms with Crippen LogP contribution >= 0.6 is 0 Å². The lowest BCUT2D eigenvalue weighted by molar-refractivity contribution is -0.728. The summed E-state index contributed by atoms with van der Waals surface area (Å²) in [5, 5.41) is 14.7. The van der Waals surface area contributed by atoms with Gasteiger partial charge in [0.25, 0.3) is 5.69 Å². The van der Waals surface area contributed by atoms with Gasteiger partial charge in [0.1, 0.15) is 6.04 Å². The second kappa shape index (κ2) is 5.64. The third-order valence-corrected chi connectivity index (χ3v) is 5.69. The number of non-ortho nitro benzene ring substituents is 1.